The second kappa shape index (κ2) is 7.31. The number of thioether (sulfide) groups is 1. The van der Waals surface area contributed by atoms with Gasteiger partial charge in [-0.15, -0.1) is 0 Å². The van der Waals surface area contributed by atoms with E-state index in [4.69, 9.17) is 0 Å². The van der Waals surface area contributed by atoms with Gasteiger partial charge in [0.25, 0.3) is 5.56 Å². The Balaban J connectivity index is 2.93. The quantitative estimate of drug-likeness (QED) is 0.734. The van der Waals surface area contributed by atoms with E-state index in [0.717, 1.165) is 25.0 Å². The van der Waals surface area contributed by atoms with Gasteiger partial charge in [-0.2, -0.15) is 11.8 Å². The molecule has 5 nitrogen and oxygen atoms in total. The summed E-state index contributed by atoms with van der Waals surface area (Å²) in [5, 5.41) is 9.98. The van der Waals surface area contributed by atoms with Gasteiger partial charge in [0.05, 0.1) is 5.56 Å². The zero-order chi connectivity index (χ0) is 13.5. The van der Waals surface area contributed by atoms with Crippen LogP contribution in [-0.4, -0.2) is 26.7 Å². The Morgan fingerprint density at radius 1 is 1.33 bits per heavy atom. The van der Waals surface area contributed by atoms with Crippen LogP contribution in [0.15, 0.2) is 9.59 Å². The van der Waals surface area contributed by atoms with E-state index in [9.17, 15) is 14.7 Å². The van der Waals surface area contributed by atoms with Gasteiger partial charge in [-0.05, 0) is 31.3 Å². The molecule has 1 heterocycles. The van der Waals surface area contributed by atoms with Crippen molar-refractivity contribution in [1.82, 2.24) is 9.55 Å². The standard InChI is InChI=1S/C12H20N2O3S/c1-3-6-9-10(15)13-12(17)14(11(9)16)7-4-5-8-18-2/h16H,3-8H2,1-2H3,(H,13,15,17). The topological polar surface area (TPSA) is 75.1 Å². The SMILES string of the molecule is CCCc1c(O)n(CCCCSC)c(=O)[nH]c1=O. The van der Waals surface area contributed by atoms with Gasteiger partial charge in [-0.25, -0.2) is 4.79 Å². The minimum atomic E-state index is -0.526. The van der Waals surface area contributed by atoms with Gasteiger partial charge in [-0.1, -0.05) is 13.3 Å². The highest BCUT2D eigenvalue weighted by Gasteiger charge is 2.12. The summed E-state index contributed by atoms with van der Waals surface area (Å²) in [7, 11) is 0. The molecule has 0 amide bonds. The lowest BCUT2D eigenvalue weighted by atomic mass is 10.2. The molecule has 0 saturated carbocycles. The van der Waals surface area contributed by atoms with Crippen LogP contribution in [0.2, 0.25) is 0 Å². The number of unbranched alkanes of at least 4 members (excludes halogenated alkanes) is 1. The van der Waals surface area contributed by atoms with Crippen LogP contribution >= 0.6 is 11.8 Å². The van der Waals surface area contributed by atoms with Crippen molar-refractivity contribution in [2.75, 3.05) is 12.0 Å². The summed E-state index contributed by atoms with van der Waals surface area (Å²) < 4.78 is 1.26. The third kappa shape index (κ3) is 3.66. The lowest BCUT2D eigenvalue weighted by Gasteiger charge is -2.10. The third-order valence-corrected chi connectivity index (χ3v) is 3.44. The fraction of sp³-hybridized carbons (Fsp3) is 0.667. The van der Waals surface area contributed by atoms with E-state index in [-0.39, 0.29) is 5.88 Å². The predicted molar refractivity (Wildman–Crippen MR) is 74.6 cm³/mol. The Morgan fingerprint density at radius 2 is 2.06 bits per heavy atom. The van der Waals surface area contributed by atoms with Crippen molar-refractivity contribution in [3.8, 4) is 5.88 Å². The van der Waals surface area contributed by atoms with Crippen LogP contribution in [0.3, 0.4) is 0 Å². The minimum Gasteiger partial charge on any atom is -0.494 e. The van der Waals surface area contributed by atoms with E-state index in [1.165, 1.54) is 4.57 Å². The lowest BCUT2D eigenvalue weighted by molar-refractivity contribution is 0.388. The molecule has 0 aliphatic carbocycles. The van der Waals surface area contributed by atoms with E-state index >= 15 is 0 Å². The minimum absolute atomic E-state index is 0.172. The Morgan fingerprint density at radius 3 is 2.67 bits per heavy atom. The number of H-pyrrole nitrogens is 1. The molecule has 0 aromatic carbocycles. The zero-order valence-electron chi connectivity index (χ0n) is 10.9. The summed E-state index contributed by atoms with van der Waals surface area (Å²) in [6.07, 6.45) is 5.05. The van der Waals surface area contributed by atoms with E-state index in [1.807, 2.05) is 13.2 Å². The molecular formula is C12H20N2O3S. The third-order valence-electron chi connectivity index (χ3n) is 2.75. The number of hydrogen-bond donors (Lipinski definition) is 2. The summed E-state index contributed by atoms with van der Waals surface area (Å²) in [6.45, 7) is 2.37. The maximum absolute atomic E-state index is 11.6. The van der Waals surface area contributed by atoms with Gasteiger partial charge in [0.15, 0.2) is 0 Å². The molecule has 0 spiro atoms. The predicted octanol–water partition coefficient (Wildman–Crippen LogP) is 1.34. The molecule has 0 saturated heterocycles. The lowest BCUT2D eigenvalue weighted by Crippen LogP contribution is -2.32. The van der Waals surface area contributed by atoms with Gasteiger partial charge in [0, 0.05) is 6.54 Å². The van der Waals surface area contributed by atoms with E-state index in [2.05, 4.69) is 4.98 Å². The smallest absolute Gasteiger partial charge is 0.331 e. The second-order valence-electron chi connectivity index (χ2n) is 4.16. The first-order chi connectivity index (χ1) is 8.61. The summed E-state index contributed by atoms with van der Waals surface area (Å²) in [4.78, 5) is 25.4. The molecule has 2 N–H and O–H groups in total. The Kier molecular flexibility index (Phi) is 6.04. The van der Waals surface area contributed by atoms with Crippen molar-refractivity contribution >= 4 is 11.8 Å². The van der Waals surface area contributed by atoms with Crippen molar-refractivity contribution < 1.29 is 5.11 Å². The van der Waals surface area contributed by atoms with Gasteiger partial charge in [0.2, 0.25) is 5.88 Å². The Labute approximate surface area is 110 Å². The largest absolute Gasteiger partial charge is 0.494 e. The first-order valence-electron chi connectivity index (χ1n) is 6.15. The molecule has 0 radical (unpaired) electrons. The molecular weight excluding hydrogens is 252 g/mol. The molecule has 0 bridgehead atoms. The molecule has 1 rings (SSSR count). The van der Waals surface area contributed by atoms with Crippen LogP contribution in [0.25, 0.3) is 0 Å². The highest BCUT2D eigenvalue weighted by Crippen LogP contribution is 2.13. The van der Waals surface area contributed by atoms with Crippen molar-refractivity contribution in [1.29, 1.82) is 0 Å². The number of aromatic amines is 1. The summed E-state index contributed by atoms with van der Waals surface area (Å²) in [5.41, 5.74) is -0.691. The number of rotatable bonds is 7. The average Bonchev–Trinajstić information content (AvgIpc) is 2.33. The van der Waals surface area contributed by atoms with Gasteiger partial charge >= 0.3 is 5.69 Å². The number of aromatic hydroxyl groups is 1. The van der Waals surface area contributed by atoms with Crippen molar-refractivity contribution in [2.24, 2.45) is 0 Å². The fourth-order valence-corrected chi connectivity index (χ4v) is 2.29. The molecule has 0 aliphatic heterocycles. The van der Waals surface area contributed by atoms with Crippen LogP contribution in [-0.2, 0) is 13.0 Å². The molecule has 0 fully saturated rings. The molecule has 18 heavy (non-hydrogen) atoms. The van der Waals surface area contributed by atoms with Crippen LogP contribution < -0.4 is 11.2 Å². The molecule has 0 aliphatic rings. The molecule has 0 atom stereocenters. The zero-order valence-corrected chi connectivity index (χ0v) is 11.7. The average molecular weight is 272 g/mol. The number of nitrogens with one attached hydrogen (secondary N) is 1. The second-order valence-corrected chi connectivity index (χ2v) is 5.15. The maximum atomic E-state index is 11.6. The summed E-state index contributed by atoms with van der Waals surface area (Å²) in [6, 6.07) is 0. The molecule has 1 aromatic heterocycles. The molecule has 0 unspecified atom stereocenters. The van der Waals surface area contributed by atoms with Crippen LogP contribution in [0.5, 0.6) is 5.88 Å². The number of aromatic nitrogens is 2. The molecule has 1 aromatic rings. The Hall–Kier alpha value is -1.17. The Bertz CT molecular complexity index is 493. The fourth-order valence-electron chi connectivity index (χ4n) is 1.80. The summed E-state index contributed by atoms with van der Waals surface area (Å²) in [5.74, 6) is 0.857. The van der Waals surface area contributed by atoms with Gasteiger partial charge in [-0.3, -0.25) is 14.3 Å². The normalized spacial score (nSPS) is 10.8. The van der Waals surface area contributed by atoms with Crippen LogP contribution in [0, 0.1) is 0 Å². The molecule has 6 heteroatoms. The van der Waals surface area contributed by atoms with Crippen LogP contribution in [0.4, 0.5) is 0 Å². The highest BCUT2D eigenvalue weighted by molar-refractivity contribution is 7.98. The first kappa shape index (κ1) is 14.9. The van der Waals surface area contributed by atoms with E-state index in [0.29, 0.717) is 18.5 Å². The van der Waals surface area contributed by atoms with E-state index < -0.39 is 11.2 Å². The van der Waals surface area contributed by atoms with Gasteiger partial charge in [0.1, 0.15) is 0 Å². The highest BCUT2D eigenvalue weighted by atomic mass is 32.2. The van der Waals surface area contributed by atoms with Crippen molar-refractivity contribution in [3.05, 3.63) is 26.4 Å². The number of nitrogens with zero attached hydrogens (tertiary/aromatic N) is 1. The molecule has 102 valence electrons. The summed E-state index contributed by atoms with van der Waals surface area (Å²) >= 11 is 1.75. The maximum Gasteiger partial charge on any atom is 0.331 e. The van der Waals surface area contributed by atoms with Crippen molar-refractivity contribution in [3.63, 3.8) is 0 Å². The van der Waals surface area contributed by atoms with E-state index in [1.54, 1.807) is 11.8 Å². The van der Waals surface area contributed by atoms with Crippen LogP contribution in [0.1, 0.15) is 31.7 Å². The van der Waals surface area contributed by atoms with Gasteiger partial charge < -0.3 is 5.11 Å². The number of hydrogen-bond acceptors (Lipinski definition) is 4. The van der Waals surface area contributed by atoms with Crippen molar-refractivity contribution in [2.45, 2.75) is 39.2 Å². The monoisotopic (exact) mass is 272 g/mol. The first-order valence-corrected chi connectivity index (χ1v) is 7.55.